The number of carbonyl (C=O) groups excluding carboxylic acids is 1. The summed E-state index contributed by atoms with van der Waals surface area (Å²) >= 11 is 0. The van der Waals surface area contributed by atoms with Crippen molar-refractivity contribution in [3.8, 4) is 0 Å². The predicted molar refractivity (Wildman–Crippen MR) is 93.7 cm³/mol. The molecule has 2 amide bonds. The van der Waals surface area contributed by atoms with Crippen molar-refractivity contribution in [1.82, 2.24) is 10.2 Å². The summed E-state index contributed by atoms with van der Waals surface area (Å²) in [6.45, 7) is 12.3. The molecule has 0 aromatic heterocycles. The largest absolute Gasteiger partial charge is 0.378 e. The minimum Gasteiger partial charge on any atom is -0.378 e. The first-order chi connectivity index (χ1) is 11.2. The maximum absolute atomic E-state index is 12.1. The SMILES string of the molecule is C=CCN(CC=C)C(=O)NCc1ccc(N2CCOCC2)cc1. The fourth-order valence-corrected chi connectivity index (χ4v) is 2.49. The molecule has 2 rings (SSSR count). The first kappa shape index (κ1) is 17.1. The second-order valence-electron chi connectivity index (χ2n) is 5.41. The third-order valence-corrected chi connectivity index (χ3v) is 3.74. The molecule has 1 aromatic rings. The van der Waals surface area contributed by atoms with Crippen molar-refractivity contribution in [3.63, 3.8) is 0 Å². The molecule has 1 heterocycles. The molecule has 1 aliphatic heterocycles. The number of nitrogens with one attached hydrogen (secondary N) is 1. The average Bonchev–Trinajstić information content (AvgIpc) is 2.61. The van der Waals surface area contributed by atoms with Gasteiger partial charge in [0.15, 0.2) is 0 Å². The van der Waals surface area contributed by atoms with Crippen LogP contribution in [-0.2, 0) is 11.3 Å². The quantitative estimate of drug-likeness (QED) is 0.786. The maximum atomic E-state index is 12.1. The van der Waals surface area contributed by atoms with Crippen LogP contribution in [0.25, 0.3) is 0 Å². The van der Waals surface area contributed by atoms with Crippen molar-refractivity contribution >= 4 is 11.7 Å². The molecule has 1 saturated heterocycles. The van der Waals surface area contributed by atoms with Crippen LogP contribution in [-0.4, -0.2) is 50.3 Å². The molecule has 1 aromatic carbocycles. The lowest BCUT2D eigenvalue weighted by molar-refractivity contribution is 0.122. The Bertz CT molecular complexity index is 512. The standard InChI is InChI=1S/C18H25N3O2/c1-3-9-21(10-4-2)18(22)19-15-16-5-7-17(8-6-16)20-11-13-23-14-12-20/h3-8H,1-2,9-15H2,(H,19,22). The molecular formula is C18H25N3O2. The van der Waals surface area contributed by atoms with Crippen molar-refractivity contribution in [3.05, 3.63) is 55.1 Å². The van der Waals surface area contributed by atoms with E-state index in [-0.39, 0.29) is 6.03 Å². The number of hydrogen-bond acceptors (Lipinski definition) is 3. The fourth-order valence-electron chi connectivity index (χ4n) is 2.49. The van der Waals surface area contributed by atoms with E-state index in [1.165, 1.54) is 5.69 Å². The lowest BCUT2D eigenvalue weighted by Crippen LogP contribution is -2.39. The molecule has 124 valence electrons. The van der Waals surface area contributed by atoms with Gasteiger partial charge in [-0.2, -0.15) is 0 Å². The molecule has 0 bridgehead atoms. The van der Waals surface area contributed by atoms with Crippen molar-refractivity contribution in [2.24, 2.45) is 0 Å². The molecule has 0 spiro atoms. The molecule has 0 radical (unpaired) electrons. The van der Waals surface area contributed by atoms with Crippen molar-refractivity contribution in [2.45, 2.75) is 6.54 Å². The van der Waals surface area contributed by atoms with Crippen LogP contribution in [0.4, 0.5) is 10.5 Å². The van der Waals surface area contributed by atoms with Gasteiger partial charge in [-0.15, -0.1) is 13.2 Å². The summed E-state index contributed by atoms with van der Waals surface area (Å²) in [5, 5.41) is 2.93. The van der Waals surface area contributed by atoms with E-state index in [0.717, 1.165) is 31.9 Å². The molecule has 1 N–H and O–H groups in total. The molecule has 0 atom stereocenters. The van der Waals surface area contributed by atoms with E-state index in [1.807, 2.05) is 0 Å². The summed E-state index contributed by atoms with van der Waals surface area (Å²) in [4.78, 5) is 16.1. The van der Waals surface area contributed by atoms with Crippen LogP contribution in [0.2, 0.25) is 0 Å². The van der Waals surface area contributed by atoms with Gasteiger partial charge in [0.05, 0.1) is 13.2 Å². The zero-order chi connectivity index (χ0) is 16.5. The first-order valence-corrected chi connectivity index (χ1v) is 7.91. The monoisotopic (exact) mass is 315 g/mol. The number of nitrogens with zero attached hydrogens (tertiary/aromatic N) is 2. The minimum atomic E-state index is -0.109. The fraction of sp³-hybridized carbons (Fsp3) is 0.389. The number of carbonyl (C=O) groups is 1. The van der Waals surface area contributed by atoms with Gasteiger partial charge >= 0.3 is 6.03 Å². The Kier molecular flexibility index (Phi) is 6.69. The highest BCUT2D eigenvalue weighted by molar-refractivity contribution is 5.74. The molecule has 0 aliphatic carbocycles. The Morgan fingerprint density at radius 2 is 1.78 bits per heavy atom. The van der Waals surface area contributed by atoms with Gasteiger partial charge in [-0.1, -0.05) is 24.3 Å². The number of benzene rings is 1. The second kappa shape index (κ2) is 9.00. The summed E-state index contributed by atoms with van der Waals surface area (Å²) in [5.41, 5.74) is 2.27. The molecular weight excluding hydrogens is 290 g/mol. The van der Waals surface area contributed by atoms with Gasteiger partial charge in [0.2, 0.25) is 0 Å². The summed E-state index contributed by atoms with van der Waals surface area (Å²) in [6, 6.07) is 8.19. The lowest BCUT2D eigenvalue weighted by atomic mass is 10.2. The summed E-state index contributed by atoms with van der Waals surface area (Å²) in [5.74, 6) is 0. The Morgan fingerprint density at radius 1 is 1.17 bits per heavy atom. The van der Waals surface area contributed by atoms with E-state index in [0.29, 0.717) is 19.6 Å². The van der Waals surface area contributed by atoms with Crippen LogP contribution in [0.1, 0.15) is 5.56 Å². The maximum Gasteiger partial charge on any atom is 0.318 e. The Hall–Kier alpha value is -2.27. The van der Waals surface area contributed by atoms with Crippen LogP contribution < -0.4 is 10.2 Å². The summed E-state index contributed by atoms with van der Waals surface area (Å²) < 4.78 is 5.36. The number of amides is 2. The van der Waals surface area contributed by atoms with Gasteiger partial charge in [0.1, 0.15) is 0 Å². The van der Waals surface area contributed by atoms with E-state index >= 15 is 0 Å². The highest BCUT2D eigenvalue weighted by atomic mass is 16.5. The van der Waals surface area contributed by atoms with Crippen molar-refractivity contribution < 1.29 is 9.53 Å². The third kappa shape index (κ3) is 5.14. The number of hydrogen-bond donors (Lipinski definition) is 1. The number of anilines is 1. The Balaban J connectivity index is 1.86. The predicted octanol–water partition coefficient (Wildman–Crippen LogP) is 2.41. The van der Waals surface area contributed by atoms with Crippen LogP contribution in [0.5, 0.6) is 0 Å². The van der Waals surface area contributed by atoms with Gasteiger partial charge in [-0.05, 0) is 17.7 Å². The van der Waals surface area contributed by atoms with Gasteiger partial charge in [0, 0.05) is 38.4 Å². The molecule has 1 fully saturated rings. The van der Waals surface area contributed by atoms with E-state index < -0.39 is 0 Å². The Labute approximate surface area is 138 Å². The number of rotatable bonds is 7. The smallest absolute Gasteiger partial charge is 0.318 e. The molecule has 0 saturated carbocycles. The minimum absolute atomic E-state index is 0.109. The first-order valence-electron chi connectivity index (χ1n) is 7.91. The normalized spacial score (nSPS) is 14.2. The van der Waals surface area contributed by atoms with Crippen LogP contribution in [0, 0.1) is 0 Å². The van der Waals surface area contributed by atoms with Gasteiger partial charge in [-0.3, -0.25) is 0 Å². The molecule has 0 unspecified atom stereocenters. The Morgan fingerprint density at radius 3 is 2.35 bits per heavy atom. The summed E-state index contributed by atoms with van der Waals surface area (Å²) in [6.07, 6.45) is 3.42. The zero-order valence-corrected chi connectivity index (χ0v) is 13.5. The molecule has 5 heteroatoms. The highest BCUT2D eigenvalue weighted by Gasteiger charge is 2.12. The molecule has 23 heavy (non-hydrogen) atoms. The van der Waals surface area contributed by atoms with Gasteiger partial charge in [0.25, 0.3) is 0 Å². The summed E-state index contributed by atoms with van der Waals surface area (Å²) in [7, 11) is 0. The van der Waals surface area contributed by atoms with Crippen molar-refractivity contribution in [1.29, 1.82) is 0 Å². The number of urea groups is 1. The van der Waals surface area contributed by atoms with Gasteiger partial charge in [-0.25, -0.2) is 4.79 Å². The van der Waals surface area contributed by atoms with Crippen molar-refractivity contribution in [2.75, 3.05) is 44.3 Å². The van der Waals surface area contributed by atoms with E-state index in [9.17, 15) is 4.79 Å². The van der Waals surface area contributed by atoms with Crippen LogP contribution in [0.15, 0.2) is 49.6 Å². The average molecular weight is 315 g/mol. The highest BCUT2D eigenvalue weighted by Crippen LogP contribution is 2.16. The third-order valence-electron chi connectivity index (χ3n) is 3.74. The number of morpholine rings is 1. The van der Waals surface area contributed by atoms with Gasteiger partial charge < -0.3 is 19.9 Å². The number of ether oxygens (including phenoxy) is 1. The second-order valence-corrected chi connectivity index (χ2v) is 5.41. The lowest BCUT2D eigenvalue weighted by Gasteiger charge is -2.29. The zero-order valence-electron chi connectivity index (χ0n) is 13.5. The van der Waals surface area contributed by atoms with E-state index in [4.69, 9.17) is 4.74 Å². The van der Waals surface area contributed by atoms with E-state index in [1.54, 1.807) is 17.1 Å². The molecule has 1 aliphatic rings. The topological polar surface area (TPSA) is 44.8 Å². The van der Waals surface area contributed by atoms with Crippen LogP contribution >= 0.6 is 0 Å². The van der Waals surface area contributed by atoms with E-state index in [2.05, 4.69) is 47.6 Å². The van der Waals surface area contributed by atoms with Crippen LogP contribution in [0.3, 0.4) is 0 Å². The molecule has 5 nitrogen and oxygen atoms in total.